The minimum atomic E-state index is 0.0517. The van der Waals surface area contributed by atoms with Crippen molar-refractivity contribution in [3.8, 4) is 11.3 Å². The van der Waals surface area contributed by atoms with Crippen LogP contribution in [0.3, 0.4) is 0 Å². The maximum Gasteiger partial charge on any atom is 0.253 e. The predicted molar refractivity (Wildman–Crippen MR) is 90.6 cm³/mol. The summed E-state index contributed by atoms with van der Waals surface area (Å²) in [7, 11) is 0. The Morgan fingerprint density at radius 2 is 1.96 bits per heavy atom. The smallest absolute Gasteiger partial charge is 0.253 e. The number of oxazole rings is 1. The van der Waals surface area contributed by atoms with E-state index in [1.807, 2.05) is 29.2 Å². The lowest BCUT2D eigenvalue weighted by molar-refractivity contribution is 0.0472. The number of piperazine rings is 1. The second-order valence-corrected chi connectivity index (χ2v) is 6.02. The van der Waals surface area contributed by atoms with Crippen LogP contribution >= 0.6 is 0 Å². The molecule has 0 saturated carbocycles. The molecule has 0 radical (unpaired) electrons. The maximum absolute atomic E-state index is 12.6. The molecule has 1 aliphatic rings. The van der Waals surface area contributed by atoms with E-state index in [2.05, 4.69) is 16.8 Å². The van der Waals surface area contributed by atoms with Gasteiger partial charge in [0.05, 0.1) is 12.8 Å². The molecule has 2 aromatic rings. The maximum atomic E-state index is 12.6. The number of benzene rings is 1. The lowest BCUT2D eigenvalue weighted by Crippen LogP contribution is -2.52. The van der Waals surface area contributed by atoms with Crippen molar-refractivity contribution in [2.45, 2.75) is 19.4 Å². The summed E-state index contributed by atoms with van der Waals surface area (Å²) < 4.78 is 5.26. The second-order valence-electron chi connectivity index (χ2n) is 6.02. The van der Waals surface area contributed by atoms with Crippen LogP contribution < -0.4 is 0 Å². The topological polar surface area (TPSA) is 69.8 Å². The highest BCUT2D eigenvalue weighted by Gasteiger charge is 2.25. The van der Waals surface area contributed by atoms with Crippen LogP contribution in [0.4, 0.5) is 0 Å². The quantitative estimate of drug-likeness (QED) is 0.907. The molecule has 0 aliphatic carbocycles. The summed E-state index contributed by atoms with van der Waals surface area (Å²) in [4.78, 5) is 20.7. The molecule has 1 aromatic heterocycles. The highest BCUT2D eigenvalue weighted by atomic mass is 16.3. The second kappa shape index (κ2) is 7.59. The SMILES string of the molecule is CC[C@@H](CO)N1CCN(C(=O)c2ccc(-c3cnco3)cc2)CC1. The summed E-state index contributed by atoms with van der Waals surface area (Å²) in [6, 6.07) is 7.61. The molecule has 3 rings (SSSR count). The number of aromatic nitrogens is 1. The number of carbonyl (C=O) groups is 1. The number of nitrogens with zero attached hydrogens (tertiary/aromatic N) is 3. The zero-order valence-corrected chi connectivity index (χ0v) is 13.9. The van der Waals surface area contributed by atoms with Gasteiger partial charge in [-0.15, -0.1) is 0 Å². The lowest BCUT2D eigenvalue weighted by Gasteiger charge is -2.38. The third-order valence-corrected chi connectivity index (χ3v) is 4.65. The number of amides is 1. The van der Waals surface area contributed by atoms with Gasteiger partial charge in [0, 0.05) is 43.3 Å². The Morgan fingerprint density at radius 3 is 2.50 bits per heavy atom. The van der Waals surface area contributed by atoms with Gasteiger partial charge in [-0.05, 0) is 18.6 Å². The first-order chi connectivity index (χ1) is 11.7. The first kappa shape index (κ1) is 16.7. The van der Waals surface area contributed by atoms with E-state index in [0.717, 1.165) is 25.1 Å². The van der Waals surface area contributed by atoms with Crippen molar-refractivity contribution in [1.29, 1.82) is 0 Å². The average Bonchev–Trinajstić information content (AvgIpc) is 3.18. The molecule has 1 N–H and O–H groups in total. The number of hydrogen-bond acceptors (Lipinski definition) is 5. The molecule has 0 unspecified atom stereocenters. The van der Waals surface area contributed by atoms with E-state index in [9.17, 15) is 9.90 Å². The van der Waals surface area contributed by atoms with Gasteiger partial charge in [-0.25, -0.2) is 4.98 Å². The number of carbonyl (C=O) groups excluding carboxylic acids is 1. The molecule has 2 heterocycles. The molecular weight excluding hydrogens is 306 g/mol. The van der Waals surface area contributed by atoms with Crippen molar-refractivity contribution in [3.05, 3.63) is 42.4 Å². The number of rotatable bonds is 5. The lowest BCUT2D eigenvalue weighted by atomic mass is 10.1. The molecule has 1 atom stereocenters. The van der Waals surface area contributed by atoms with Gasteiger partial charge >= 0.3 is 0 Å². The van der Waals surface area contributed by atoms with Crippen LogP contribution in [-0.4, -0.2) is 64.6 Å². The van der Waals surface area contributed by atoms with Gasteiger partial charge in [0.1, 0.15) is 0 Å². The fourth-order valence-corrected chi connectivity index (χ4v) is 3.11. The van der Waals surface area contributed by atoms with Crippen molar-refractivity contribution < 1.29 is 14.3 Å². The van der Waals surface area contributed by atoms with Crippen LogP contribution in [-0.2, 0) is 0 Å². The van der Waals surface area contributed by atoms with Crippen LogP contribution in [0.5, 0.6) is 0 Å². The van der Waals surface area contributed by atoms with E-state index in [-0.39, 0.29) is 18.6 Å². The van der Waals surface area contributed by atoms with E-state index in [4.69, 9.17) is 4.42 Å². The molecule has 24 heavy (non-hydrogen) atoms. The Labute approximate surface area is 141 Å². The van der Waals surface area contributed by atoms with Crippen molar-refractivity contribution >= 4 is 5.91 Å². The highest BCUT2D eigenvalue weighted by molar-refractivity contribution is 5.94. The first-order valence-electron chi connectivity index (χ1n) is 8.36. The van der Waals surface area contributed by atoms with Crippen LogP contribution in [0.15, 0.2) is 41.3 Å². The van der Waals surface area contributed by atoms with Gasteiger partial charge in [-0.1, -0.05) is 19.1 Å². The third kappa shape index (κ3) is 3.49. The van der Waals surface area contributed by atoms with Crippen LogP contribution in [0.25, 0.3) is 11.3 Å². The number of hydrogen-bond donors (Lipinski definition) is 1. The van der Waals surface area contributed by atoms with Gasteiger partial charge < -0.3 is 14.4 Å². The van der Waals surface area contributed by atoms with Crippen molar-refractivity contribution in [3.63, 3.8) is 0 Å². The van der Waals surface area contributed by atoms with Crippen molar-refractivity contribution in [2.24, 2.45) is 0 Å². The molecule has 1 amide bonds. The summed E-state index contributed by atoms with van der Waals surface area (Å²) >= 11 is 0. The van der Waals surface area contributed by atoms with E-state index in [0.29, 0.717) is 24.4 Å². The van der Waals surface area contributed by atoms with Crippen LogP contribution in [0.1, 0.15) is 23.7 Å². The molecule has 128 valence electrons. The van der Waals surface area contributed by atoms with Crippen molar-refractivity contribution in [1.82, 2.24) is 14.8 Å². The minimum absolute atomic E-state index is 0.0517. The Hall–Kier alpha value is -2.18. The van der Waals surface area contributed by atoms with Crippen LogP contribution in [0, 0.1) is 0 Å². The van der Waals surface area contributed by atoms with Gasteiger partial charge in [-0.3, -0.25) is 9.69 Å². The Bertz CT molecular complexity index is 643. The Kier molecular flexibility index (Phi) is 5.27. The molecule has 1 fully saturated rings. The molecule has 0 bridgehead atoms. The predicted octanol–water partition coefficient (Wildman–Crippen LogP) is 1.87. The van der Waals surface area contributed by atoms with E-state index in [1.54, 1.807) is 6.20 Å². The normalized spacial score (nSPS) is 17.0. The van der Waals surface area contributed by atoms with Crippen molar-refractivity contribution in [2.75, 3.05) is 32.8 Å². The number of aliphatic hydroxyl groups excluding tert-OH is 1. The summed E-state index contributed by atoms with van der Waals surface area (Å²) in [5, 5.41) is 9.40. The number of aliphatic hydroxyl groups is 1. The monoisotopic (exact) mass is 329 g/mol. The zero-order valence-electron chi connectivity index (χ0n) is 13.9. The Morgan fingerprint density at radius 1 is 1.25 bits per heavy atom. The van der Waals surface area contributed by atoms with Gasteiger partial charge in [0.15, 0.2) is 12.2 Å². The van der Waals surface area contributed by atoms with Crippen LogP contribution in [0.2, 0.25) is 0 Å². The fraction of sp³-hybridized carbons (Fsp3) is 0.444. The van der Waals surface area contributed by atoms with E-state index >= 15 is 0 Å². The largest absolute Gasteiger partial charge is 0.444 e. The first-order valence-corrected chi connectivity index (χ1v) is 8.36. The highest BCUT2D eigenvalue weighted by Crippen LogP contribution is 2.20. The molecular formula is C18H23N3O3. The van der Waals surface area contributed by atoms with Gasteiger partial charge in [-0.2, -0.15) is 0 Å². The molecule has 1 saturated heterocycles. The summed E-state index contributed by atoms with van der Waals surface area (Å²) in [6.07, 6.45) is 3.97. The van der Waals surface area contributed by atoms with E-state index < -0.39 is 0 Å². The molecule has 6 heteroatoms. The summed E-state index contributed by atoms with van der Waals surface area (Å²) in [6.45, 7) is 5.25. The standard InChI is InChI=1S/C18H23N3O3/c1-2-16(12-22)20-7-9-21(10-8-20)18(23)15-5-3-14(4-6-15)17-11-19-13-24-17/h3-6,11,13,16,22H,2,7-10,12H2,1H3/t16-/m0/s1. The minimum Gasteiger partial charge on any atom is -0.444 e. The average molecular weight is 329 g/mol. The third-order valence-electron chi connectivity index (χ3n) is 4.65. The zero-order chi connectivity index (χ0) is 16.9. The summed E-state index contributed by atoms with van der Waals surface area (Å²) in [5.41, 5.74) is 1.59. The molecule has 1 aromatic carbocycles. The molecule has 1 aliphatic heterocycles. The van der Waals surface area contributed by atoms with Gasteiger partial charge in [0.2, 0.25) is 0 Å². The van der Waals surface area contributed by atoms with Gasteiger partial charge in [0.25, 0.3) is 5.91 Å². The summed E-state index contributed by atoms with van der Waals surface area (Å²) in [5.74, 6) is 0.744. The Balaban J connectivity index is 1.61. The molecule has 6 nitrogen and oxygen atoms in total. The fourth-order valence-electron chi connectivity index (χ4n) is 3.11. The molecule has 0 spiro atoms. The van der Waals surface area contributed by atoms with E-state index in [1.165, 1.54) is 6.39 Å².